The molecule has 150 valence electrons. The molecule has 4 nitrogen and oxygen atoms in total. The summed E-state index contributed by atoms with van der Waals surface area (Å²) < 4.78 is 12.7. The van der Waals surface area contributed by atoms with Crippen molar-refractivity contribution in [3.63, 3.8) is 0 Å². The quantitative estimate of drug-likeness (QED) is 0.467. The van der Waals surface area contributed by atoms with Gasteiger partial charge >= 0.3 is 8.56 Å². The van der Waals surface area contributed by atoms with Crippen LogP contribution in [0.1, 0.15) is 11.1 Å². The van der Waals surface area contributed by atoms with E-state index in [0.29, 0.717) is 11.4 Å². The third kappa shape index (κ3) is 3.67. The van der Waals surface area contributed by atoms with Gasteiger partial charge in [-0.3, -0.25) is 0 Å². The molecule has 0 N–H and O–H groups in total. The summed E-state index contributed by atoms with van der Waals surface area (Å²) in [5.74, 6) is 0. The van der Waals surface area contributed by atoms with Crippen LogP contribution in [0.5, 0.6) is 0 Å². The van der Waals surface area contributed by atoms with Crippen LogP contribution in [0.25, 0.3) is 0 Å². The van der Waals surface area contributed by atoms with E-state index in [1.807, 2.05) is 121 Å². The average Bonchev–Trinajstić information content (AvgIpc) is 3.07. The third-order valence-electron chi connectivity index (χ3n) is 5.16. The van der Waals surface area contributed by atoms with E-state index in [1.54, 1.807) is 0 Å². The Morgan fingerprint density at radius 3 is 1.10 bits per heavy atom. The first kappa shape index (κ1) is 19.0. The van der Waals surface area contributed by atoms with Gasteiger partial charge in [-0.05, 0) is 0 Å². The minimum absolute atomic E-state index is 0.646. The molecule has 0 radical (unpaired) electrons. The largest absolute Gasteiger partial charge is 0.574 e. The van der Waals surface area contributed by atoms with Crippen LogP contribution in [0.4, 0.5) is 0 Å². The van der Waals surface area contributed by atoms with Crippen molar-refractivity contribution in [3.8, 4) is 0 Å². The predicted octanol–water partition coefficient (Wildman–Crippen LogP) is 4.10. The van der Waals surface area contributed by atoms with E-state index in [2.05, 4.69) is 10.3 Å². The Morgan fingerprint density at radius 2 is 0.742 bits per heavy atom. The van der Waals surface area contributed by atoms with Crippen LogP contribution in [0.2, 0.25) is 0 Å². The van der Waals surface area contributed by atoms with Gasteiger partial charge in [-0.25, -0.2) is 0 Å². The Morgan fingerprint density at radius 1 is 0.419 bits per heavy atom. The van der Waals surface area contributed by atoms with Crippen molar-refractivity contribution in [2.75, 3.05) is 0 Å². The fraction of sp³-hybridized carbons (Fsp3) is 0. The molecule has 0 atom stereocenters. The van der Waals surface area contributed by atoms with E-state index in [-0.39, 0.29) is 0 Å². The van der Waals surface area contributed by atoms with Gasteiger partial charge in [0, 0.05) is 21.5 Å². The molecule has 0 fully saturated rings. The second-order valence-electron chi connectivity index (χ2n) is 7.14. The summed E-state index contributed by atoms with van der Waals surface area (Å²) in [5.41, 5.74) is 3.13. The summed E-state index contributed by atoms with van der Waals surface area (Å²) in [6.45, 7) is 0. The minimum atomic E-state index is -3.21. The normalized spacial score (nSPS) is 15.0. The molecular formula is C26H20N2O2Si. The summed E-state index contributed by atoms with van der Waals surface area (Å²) >= 11 is 0. The molecule has 1 aliphatic rings. The van der Waals surface area contributed by atoms with E-state index < -0.39 is 8.56 Å². The second kappa shape index (κ2) is 8.42. The van der Waals surface area contributed by atoms with E-state index in [9.17, 15) is 0 Å². The molecule has 0 amide bonds. The number of nitrogens with zero attached hydrogens (tertiary/aromatic N) is 2. The van der Waals surface area contributed by atoms with Crippen molar-refractivity contribution in [1.82, 2.24) is 0 Å². The number of benzene rings is 4. The Bertz CT molecular complexity index is 1110. The molecule has 0 aromatic heterocycles. The van der Waals surface area contributed by atoms with Crippen LogP contribution in [-0.2, 0) is 9.05 Å². The van der Waals surface area contributed by atoms with Crippen LogP contribution < -0.4 is 10.4 Å². The van der Waals surface area contributed by atoms with Crippen molar-refractivity contribution in [3.05, 3.63) is 132 Å². The van der Waals surface area contributed by atoms with Crippen LogP contribution in [0, 0.1) is 0 Å². The van der Waals surface area contributed by atoms with Gasteiger partial charge < -0.3 is 9.05 Å². The van der Waals surface area contributed by atoms with Gasteiger partial charge in [-0.1, -0.05) is 132 Å². The first-order valence-electron chi connectivity index (χ1n) is 10.1. The zero-order valence-corrected chi connectivity index (χ0v) is 17.8. The monoisotopic (exact) mass is 420 g/mol. The van der Waals surface area contributed by atoms with Crippen molar-refractivity contribution in [2.24, 2.45) is 10.3 Å². The number of rotatable bonds is 4. The van der Waals surface area contributed by atoms with Gasteiger partial charge in [0.1, 0.15) is 11.4 Å². The number of oxime groups is 2. The van der Waals surface area contributed by atoms with E-state index in [1.165, 1.54) is 0 Å². The Labute approximate surface area is 182 Å². The number of hydrogen-bond donors (Lipinski definition) is 0. The highest BCUT2D eigenvalue weighted by Crippen LogP contribution is 2.19. The molecule has 1 aliphatic heterocycles. The third-order valence-corrected chi connectivity index (χ3v) is 8.04. The first-order valence-corrected chi connectivity index (χ1v) is 11.9. The van der Waals surface area contributed by atoms with Gasteiger partial charge in [0.05, 0.1) is 0 Å². The van der Waals surface area contributed by atoms with Crippen LogP contribution in [0.3, 0.4) is 0 Å². The smallest absolute Gasteiger partial charge is 0.398 e. The average molecular weight is 421 g/mol. The van der Waals surface area contributed by atoms with Gasteiger partial charge in [0.15, 0.2) is 0 Å². The summed E-state index contributed by atoms with van der Waals surface area (Å²) in [6.07, 6.45) is 0. The molecule has 0 unspecified atom stereocenters. The topological polar surface area (TPSA) is 43.2 Å². The zero-order valence-electron chi connectivity index (χ0n) is 16.8. The Balaban J connectivity index is 1.72. The standard InChI is InChI=1S/C26H20N2O2Si/c1-5-13-21(14-6-1)25-26(22-15-7-2-8-16-22)28-30-31(29-27-25,23-17-9-3-10-18-23)24-19-11-4-12-20-24/h1-20H. The molecule has 0 bridgehead atoms. The molecule has 4 aromatic carbocycles. The van der Waals surface area contributed by atoms with E-state index >= 15 is 0 Å². The van der Waals surface area contributed by atoms with Gasteiger partial charge in [0.25, 0.3) is 0 Å². The van der Waals surface area contributed by atoms with Crippen LogP contribution in [0.15, 0.2) is 132 Å². The minimum Gasteiger partial charge on any atom is -0.398 e. The lowest BCUT2D eigenvalue weighted by Crippen LogP contribution is -2.61. The first-order chi connectivity index (χ1) is 15.4. The maximum atomic E-state index is 6.37. The zero-order chi connectivity index (χ0) is 20.9. The SMILES string of the molecule is c1ccc(C2=NO[Si](c3ccccc3)(c3ccccc3)ON=C2c2ccccc2)cc1. The molecule has 0 saturated heterocycles. The molecule has 0 saturated carbocycles. The lowest BCUT2D eigenvalue weighted by atomic mass is 10.0. The van der Waals surface area contributed by atoms with Gasteiger partial charge in [-0.15, -0.1) is 0 Å². The lowest BCUT2D eigenvalue weighted by molar-refractivity contribution is 0.211. The fourth-order valence-electron chi connectivity index (χ4n) is 3.59. The van der Waals surface area contributed by atoms with Crippen LogP contribution >= 0.6 is 0 Å². The summed E-state index contributed by atoms with van der Waals surface area (Å²) in [6, 6.07) is 39.8. The Hall–Kier alpha value is -3.96. The molecule has 0 spiro atoms. The van der Waals surface area contributed by atoms with Crippen molar-refractivity contribution >= 4 is 30.4 Å². The maximum absolute atomic E-state index is 6.37. The lowest BCUT2D eigenvalue weighted by Gasteiger charge is -2.24. The van der Waals surface area contributed by atoms with Gasteiger partial charge in [0.2, 0.25) is 0 Å². The molecule has 5 rings (SSSR count). The molecular weight excluding hydrogens is 400 g/mol. The maximum Gasteiger partial charge on any atom is 0.574 e. The fourth-order valence-corrected chi connectivity index (χ4v) is 6.08. The highest BCUT2D eigenvalue weighted by Gasteiger charge is 2.50. The van der Waals surface area contributed by atoms with Crippen molar-refractivity contribution < 1.29 is 9.05 Å². The summed E-state index contributed by atoms with van der Waals surface area (Å²) in [5, 5.41) is 11.2. The summed E-state index contributed by atoms with van der Waals surface area (Å²) in [4.78, 5) is 0. The number of hydrogen-bond acceptors (Lipinski definition) is 4. The van der Waals surface area contributed by atoms with Crippen molar-refractivity contribution in [2.45, 2.75) is 0 Å². The van der Waals surface area contributed by atoms with E-state index in [0.717, 1.165) is 21.5 Å². The molecule has 31 heavy (non-hydrogen) atoms. The van der Waals surface area contributed by atoms with Crippen molar-refractivity contribution in [1.29, 1.82) is 0 Å². The molecule has 1 heterocycles. The summed E-state index contributed by atoms with van der Waals surface area (Å²) in [7, 11) is -3.21. The molecule has 0 aliphatic carbocycles. The highest BCUT2D eigenvalue weighted by molar-refractivity contribution is 6.92. The van der Waals surface area contributed by atoms with E-state index in [4.69, 9.17) is 9.05 Å². The predicted molar refractivity (Wildman–Crippen MR) is 126 cm³/mol. The van der Waals surface area contributed by atoms with Gasteiger partial charge in [-0.2, -0.15) is 0 Å². The van der Waals surface area contributed by atoms with Crippen LogP contribution in [-0.4, -0.2) is 20.0 Å². The molecule has 5 heteroatoms. The highest BCUT2D eigenvalue weighted by atomic mass is 28.4. The second-order valence-corrected chi connectivity index (χ2v) is 9.90. The Kier molecular flexibility index (Phi) is 5.17. The molecule has 4 aromatic rings.